The van der Waals surface area contributed by atoms with Crippen molar-refractivity contribution >= 4 is 15.9 Å². The molecule has 7 heteroatoms. The van der Waals surface area contributed by atoms with Crippen molar-refractivity contribution in [1.29, 1.82) is 0 Å². The van der Waals surface area contributed by atoms with E-state index in [2.05, 4.69) is 17.1 Å². The Hall–Kier alpha value is -1.44. The molecule has 29 heavy (non-hydrogen) atoms. The molecular weight excluding hydrogens is 386 g/mol. The van der Waals surface area contributed by atoms with Crippen LogP contribution in [0, 0.1) is 5.92 Å². The third-order valence-corrected chi connectivity index (χ3v) is 8.08. The molecule has 2 aliphatic heterocycles. The summed E-state index contributed by atoms with van der Waals surface area (Å²) in [5.41, 5.74) is 0.253. The van der Waals surface area contributed by atoms with E-state index in [9.17, 15) is 13.2 Å². The van der Waals surface area contributed by atoms with Gasteiger partial charge in [0.1, 0.15) is 0 Å². The maximum absolute atomic E-state index is 13.0. The normalized spacial score (nSPS) is 19.9. The predicted octanol–water partition coefficient (Wildman–Crippen LogP) is 3.10. The largest absolute Gasteiger partial charge is 0.352 e. The fourth-order valence-corrected chi connectivity index (χ4v) is 5.87. The van der Waals surface area contributed by atoms with Gasteiger partial charge in [-0.3, -0.25) is 4.79 Å². The molecule has 3 rings (SSSR count). The lowest BCUT2D eigenvalue weighted by molar-refractivity contribution is 0.0948. The van der Waals surface area contributed by atoms with E-state index in [1.807, 2.05) is 0 Å². The molecule has 1 aromatic carbocycles. The predicted molar refractivity (Wildman–Crippen MR) is 115 cm³/mol. The number of likely N-dealkylation sites (tertiary alicyclic amines) is 1. The number of unbranched alkanes of at least 4 members (excludes halogenated alkanes) is 1. The van der Waals surface area contributed by atoms with Crippen LogP contribution in [0.1, 0.15) is 62.2 Å². The molecular formula is C22H35N3O3S. The number of carbonyl (C=O) groups is 1. The summed E-state index contributed by atoms with van der Waals surface area (Å²) in [5, 5.41) is 2.92. The first-order valence-electron chi connectivity index (χ1n) is 11.1. The summed E-state index contributed by atoms with van der Waals surface area (Å²) in [6.45, 7) is 7.38. The number of amides is 1. The summed E-state index contributed by atoms with van der Waals surface area (Å²) in [5.74, 6) is 0.541. The van der Waals surface area contributed by atoms with Crippen LogP contribution in [-0.2, 0) is 10.0 Å². The van der Waals surface area contributed by atoms with Gasteiger partial charge in [0.25, 0.3) is 5.91 Å². The molecule has 2 saturated heterocycles. The van der Waals surface area contributed by atoms with Crippen LogP contribution < -0.4 is 5.32 Å². The van der Waals surface area contributed by atoms with Crippen molar-refractivity contribution in [2.45, 2.75) is 56.8 Å². The summed E-state index contributed by atoms with van der Waals surface area (Å²) in [6.07, 6.45) is 7.32. The van der Waals surface area contributed by atoms with Gasteiger partial charge in [-0.15, -0.1) is 0 Å². The maximum Gasteiger partial charge on any atom is 0.252 e. The van der Waals surface area contributed by atoms with Gasteiger partial charge in [0.2, 0.25) is 10.0 Å². The van der Waals surface area contributed by atoms with Crippen molar-refractivity contribution in [1.82, 2.24) is 14.5 Å². The van der Waals surface area contributed by atoms with E-state index in [4.69, 9.17) is 0 Å². The zero-order chi connectivity index (χ0) is 20.7. The Labute approximate surface area is 175 Å². The number of carbonyl (C=O) groups excluding carboxylic acids is 1. The summed E-state index contributed by atoms with van der Waals surface area (Å²) in [4.78, 5) is 15.3. The first kappa shape index (κ1) is 22.2. The molecule has 6 nitrogen and oxygen atoms in total. The van der Waals surface area contributed by atoms with Crippen molar-refractivity contribution in [3.8, 4) is 0 Å². The number of hydrogen-bond donors (Lipinski definition) is 1. The molecule has 0 unspecified atom stereocenters. The highest BCUT2D eigenvalue weighted by atomic mass is 32.2. The lowest BCUT2D eigenvalue weighted by Gasteiger charge is -2.30. The Morgan fingerprint density at radius 2 is 1.72 bits per heavy atom. The quantitative estimate of drug-likeness (QED) is 0.655. The van der Waals surface area contributed by atoms with Gasteiger partial charge < -0.3 is 10.2 Å². The highest BCUT2D eigenvalue weighted by molar-refractivity contribution is 7.89. The van der Waals surface area contributed by atoms with Gasteiger partial charge in [-0.05, 0) is 76.2 Å². The Morgan fingerprint density at radius 3 is 2.45 bits per heavy atom. The first-order chi connectivity index (χ1) is 14.0. The zero-order valence-corrected chi connectivity index (χ0v) is 18.4. The summed E-state index contributed by atoms with van der Waals surface area (Å²) < 4.78 is 27.6. The van der Waals surface area contributed by atoms with E-state index in [0.717, 1.165) is 44.6 Å². The van der Waals surface area contributed by atoms with E-state index in [0.29, 0.717) is 19.6 Å². The summed E-state index contributed by atoms with van der Waals surface area (Å²) >= 11 is 0. The molecule has 0 aliphatic carbocycles. The van der Waals surface area contributed by atoms with Crippen LogP contribution in [0.3, 0.4) is 0 Å². The molecule has 0 radical (unpaired) electrons. The highest BCUT2D eigenvalue weighted by Gasteiger charge is 2.29. The average molecular weight is 422 g/mol. The second-order valence-corrected chi connectivity index (χ2v) is 10.4. The second kappa shape index (κ2) is 10.5. The topological polar surface area (TPSA) is 69.7 Å². The van der Waals surface area contributed by atoms with Crippen molar-refractivity contribution in [3.63, 3.8) is 0 Å². The van der Waals surface area contributed by atoms with E-state index in [1.165, 1.54) is 30.2 Å². The summed E-state index contributed by atoms with van der Waals surface area (Å²) in [7, 11) is -3.63. The third-order valence-electron chi connectivity index (χ3n) is 6.13. The minimum Gasteiger partial charge on any atom is -0.352 e. The van der Waals surface area contributed by atoms with Crippen LogP contribution in [0.15, 0.2) is 29.2 Å². The van der Waals surface area contributed by atoms with E-state index < -0.39 is 10.0 Å². The smallest absolute Gasteiger partial charge is 0.252 e. The van der Waals surface area contributed by atoms with Gasteiger partial charge in [-0.25, -0.2) is 8.42 Å². The molecule has 2 aliphatic rings. The van der Waals surface area contributed by atoms with Crippen LogP contribution in [0.5, 0.6) is 0 Å². The fraction of sp³-hybridized carbons (Fsp3) is 0.682. The van der Waals surface area contributed by atoms with Crippen LogP contribution in [0.25, 0.3) is 0 Å². The van der Waals surface area contributed by atoms with Crippen molar-refractivity contribution in [2.24, 2.45) is 5.92 Å². The summed E-state index contributed by atoms with van der Waals surface area (Å²) in [6, 6.07) is 6.58. The number of nitrogens with zero attached hydrogens (tertiary/aromatic N) is 2. The molecule has 1 aromatic rings. The molecule has 0 atom stereocenters. The number of hydrogen-bond acceptors (Lipinski definition) is 4. The molecule has 0 spiro atoms. The molecule has 1 N–H and O–H groups in total. The second-order valence-electron chi connectivity index (χ2n) is 8.45. The number of rotatable bonds is 8. The Balaban J connectivity index is 1.51. The average Bonchev–Trinajstić information content (AvgIpc) is 2.75. The SMILES string of the molecule is CC1CCN(CCCCNC(=O)c2ccccc2S(=O)(=O)N2CCCCC2)CC1. The number of benzene rings is 1. The first-order valence-corrected chi connectivity index (χ1v) is 12.5. The zero-order valence-electron chi connectivity index (χ0n) is 17.6. The Kier molecular flexibility index (Phi) is 8.09. The molecule has 0 bridgehead atoms. The van der Waals surface area contributed by atoms with E-state index >= 15 is 0 Å². The molecule has 0 aromatic heterocycles. The van der Waals surface area contributed by atoms with E-state index in [-0.39, 0.29) is 16.4 Å². The minimum atomic E-state index is -3.63. The lowest BCUT2D eigenvalue weighted by atomic mass is 9.99. The molecule has 2 heterocycles. The van der Waals surface area contributed by atoms with Gasteiger partial charge in [0, 0.05) is 19.6 Å². The van der Waals surface area contributed by atoms with Crippen molar-refractivity contribution < 1.29 is 13.2 Å². The molecule has 1 amide bonds. The standard InChI is InChI=1S/C22H35N3O3S/c1-19-11-17-24(18-12-19)14-8-5-13-23-22(26)20-9-3-4-10-21(20)29(27,28)25-15-6-2-7-16-25/h3-4,9-10,19H,2,5-8,11-18H2,1H3,(H,23,26). The van der Waals surface area contributed by atoms with Crippen LogP contribution >= 0.6 is 0 Å². The minimum absolute atomic E-state index is 0.127. The number of sulfonamides is 1. The van der Waals surface area contributed by atoms with E-state index in [1.54, 1.807) is 24.3 Å². The Bertz CT molecular complexity index is 767. The van der Waals surface area contributed by atoms with Gasteiger partial charge in [0.15, 0.2) is 0 Å². The number of piperidine rings is 2. The fourth-order valence-electron chi connectivity index (χ4n) is 4.17. The highest BCUT2D eigenvalue weighted by Crippen LogP contribution is 2.23. The van der Waals surface area contributed by atoms with Gasteiger partial charge in [-0.2, -0.15) is 4.31 Å². The molecule has 0 saturated carbocycles. The van der Waals surface area contributed by atoms with Crippen molar-refractivity contribution in [3.05, 3.63) is 29.8 Å². The molecule has 162 valence electrons. The monoisotopic (exact) mass is 421 g/mol. The van der Waals surface area contributed by atoms with Crippen LogP contribution in [0.4, 0.5) is 0 Å². The number of nitrogens with one attached hydrogen (secondary N) is 1. The molecule has 2 fully saturated rings. The van der Waals surface area contributed by atoms with Crippen molar-refractivity contribution in [2.75, 3.05) is 39.3 Å². The van der Waals surface area contributed by atoms with Crippen LogP contribution in [0.2, 0.25) is 0 Å². The van der Waals surface area contributed by atoms with Gasteiger partial charge >= 0.3 is 0 Å². The van der Waals surface area contributed by atoms with Crippen LogP contribution in [-0.4, -0.2) is 62.8 Å². The Morgan fingerprint density at radius 1 is 1.03 bits per heavy atom. The van der Waals surface area contributed by atoms with Gasteiger partial charge in [0.05, 0.1) is 10.5 Å². The van der Waals surface area contributed by atoms with Gasteiger partial charge in [-0.1, -0.05) is 25.5 Å². The third kappa shape index (κ3) is 6.03. The maximum atomic E-state index is 13.0. The lowest BCUT2D eigenvalue weighted by Crippen LogP contribution is -2.37.